The summed E-state index contributed by atoms with van der Waals surface area (Å²) in [6, 6.07) is 2.83. The number of phenols is 1. The number of rotatable bonds is 4. The van der Waals surface area contributed by atoms with Gasteiger partial charge in [0.1, 0.15) is 5.82 Å². The maximum atomic E-state index is 14.1. The highest BCUT2D eigenvalue weighted by Crippen LogP contribution is 2.44. The molecule has 4 nitrogen and oxygen atoms in total. The normalized spacial score (nSPS) is 22.0. The van der Waals surface area contributed by atoms with Gasteiger partial charge in [-0.15, -0.1) is 0 Å². The molecule has 1 aliphatic carbocycles. The first kappa shape index (κ1) is 16.5. The van der Waals surface area contributed by atoms with E-state index < -0.39 is 0 Å². The van der Waals surface area contributed by atoms with Crippen LogP contribution >= 0.6 is 0 Å². The molecule has 0 aromatic heterocycles. The van der Waals surface area contributed by atoms with Gasteiger partial charge in [0, 0.05) is 43.9 Å². The minimum absolute atomic E-state index is 0.0713. The van der Waals surface area contributed by atoms with Gasteiger partial charge in [0.15, 0.2) is 11.5 Å². The molecule has 1 heterocycles. The van der Waals surface area contributed by atoms with E-state index in [2.05, 4.69) is 10.2 Å². The van der Waals surface area contributed by atoms with Crippen LogP contribution in [-0.4, -0.2) is 43.3 Å². The highest BCUT2D eigenvalue weighted by Gasteiger charge is 2.33. The van der Waals surface area contributed by atoms with Crippen molar-refractivity contribution in [3.8, 4) is 11.5 Å². The van der Waals surface area contributed by atoms with Crippen molar-refractivity contribution >= 4 is 0 Å². The first-order valence-electron chi connectivity index (χ1n) is 8.72. The molecule has 1 aromatic carbocycles. The van der Waals surface area contributed by atoms with Gasteiger partial charge in [-0.2, -0.15) is 0 Å². The van der Waals surface area contributed by atoms with Crippen LogP contribution in [0.25, 0.3) is 0 Å². The smallest absolute Gasteiger partial charge is 0.163 e. The standard InChI is InChI=1S/C18H27FN2O2/c1-23-16-12-14(19)11-15(18(16)22)17(13-5-3-2-4-6-13)21-9-7-20-8-10-21/h11-13,17,20,22H,2-10H2,1H3/t17-/m1/s1. The van der Waals surface area contributed by atoms with Gasteiger partial charge < -0.3 is 15.2 Å². The lowest BCUT2D eigenvalue weighted by Gasteiger charge is -2.41. The number of nitrogens with one attached hydrogen (secondary N) is 1. The van der Waals surface area contributed by atoms with Crippen molar-refractivity contribution in [2.24, 2.45) is 5.92 Å². The Morgan fingerprint density at radius 2 is 1.91 bits per heavy atom. The van der Waals surface area contributed by atoms with Crippen molar-refractivity contribution in [2.75, 3.05) is 33.3 Å². The minimum Gasteiger partial charge on any atom is -0.504 e. The first-order chi connectivity index (χ1) is 11.2. The molecule has 2 aliphatic rings. The van der Waals surface area contributed by atoms with E-state index in [0.717, 1.165) is 39.0 Å². The van der Waals surface area contributed by atoms with E-state index in [0.29, 0.717) is 11.5 Å². The van der Waals surface area contributed by atoms with Gasteiger partial charge in [0.2, 0.25) is 0 Å². The monoisotopic (exact) mass is 322 g/mol. The number of ether oxygens (including phenoxy) is 1. The van der Waals surface area contributed by atoms with Crippen LogP contribution in [0.15, 0.2) is 12.1 Å². The number of halogens is 1. The van der Waals surface area contributed by atoms with Crippen LogP contribution in [0.1, 0.15) is 43.7 Å². The summed E-state index contributed by atoms with van der Waals surface area (Å²) in [6.07, 6.45) is 6.02. The van der Waals surface area contributed by atoms with Crippen molar-refractivity contribution in [3.05, 3.63) is 23.5 Å². The Labute approximate surface area is 137 Å². The molecule has 2 fully saturated rings. The maximum Gasteiger partial charge on any atom is 0.163 e. The van der Waals surface area contributed by atoms with Gasteiger partial charge in [-0.1, -0.05) is 19.3 Å². The first-order valence-corrected chi connectivity index (χ1v) is 8.72. The molecule has 0 radical (unpaired) electrons. The lowest BCUT2D eigenvalue weighted by atomic mass is 9.79. The van der Waals surface area contributed by atoms with Crippen LogP contribution in [0.5, 0.6) is 11.5 Å². The Hall–Kier alpha value is -1.33. The maximum absolute atomic E-state index is 14.1. The highest BCUT2D eigenvalue weighted by molar-refractivity contribution is 5.47. The van der Waals surface area contributed by atoms with Crippen molar-refractivity contribution in [1.29, 1.82) is 0 Å². The summed E-state index contributed by atoms with van der Waals surface area (Å²) < 4.78 is 19.2. The van der Waals surface area contributed by atoms with Crippen LogP contribution in [0.4, 0.5) is 4.39 Å². The fraction of sp³-hybridized carbons (Fsp3) is 0.667. The van der Waals surface area contributed by atoms with Gasteiger partial charge in [0.05, 0.1) is 7.11 Å². The van der Waals surface area contributed by atoms with Gasteiger partial charge >= 0.3 is 0 Å². The number of nitrogens with zero attached hydrogens (tertiary/aromatic N) is 1. The molecular formula is C18H27FN2O2. The van der Waals surface area contributed by atoms with Crippen molar-refractivity contribution in [2.45, 2.75) is 38.1 Å². The zero-order valence-electron chi connectivity index (χ0n) is 13.9. The largest absolute Gasteiger partial charge is 0.504 e. The SMILES string of the molecule is COc1cc(F)cc([C@@H](C2CCCCC2)N2CCNCC2)c1O. The van der Waals surface area contributed by atoms with Crippen LogP contribution in [0, 0.1) is 11.7 Å². The lowest BCUT2D eigenvalue weighted by Crippen LogP contribution is -2.47. The molecule has 23 heavy (non-hydrogen) atoms. The fourth-order valence-corrected chi connectivity index (χ4v) is 4.13. The number of aromatic hydroxyl groups is 1. The third-order valence-electron chi connectivity index (χ3n) is 5.25. The quantitative estimate of drug-likeness (QED) is 0.894. The lowest BCUT2D eigenvalue weighted by molar-refractivity contribution is 0.101. The molecule has 0 spiro atoms. The summed E-state index contributed by atoms with van der Waals surface area (Å²) in [4.78, 5) is 2.40. The van der Waals surface area contributed by atoms with Crippen molar-refractivity contribution in [3.63, 3.8) is 0 Å². The summed E-state index contributed by atoms with van der Waals surface area (Å²) in [6.45, 7) is 3.74. The number of hydrogen-bond acceptors (Lipinski definition) is 4. The van der Waals surface area contributed by atoms with E-state index in [4.69, 9.17) is 4.74 Å². The Morgan fingerprint density at radius 1 is 1.22 bits per heavy atom. The van der Waals surface area contributed by atoms with E-state index in [1.807, 2.05) is 0 Å². The highest BCUT2D eigenvalue weighted by atomic mass is 19.1. The van der Waals surface area contributed by atoms with Crippen LogP contribution in [0.2, 0.25) is 0 Å². The second-order valence-electron chi connectivity index (χ2n) is 6.67. The van der Waals surface area contributed by atoms with E-state index in [9.17, 15) is 9.50 Å². The zero-order chi connectivity index (χ0) is 16.2. The molecule has 1 aromatic rings. The molecule has 1 atom stereocenters. The molecule has 5 heteroatoms. The van der Waals surface area contributed by atoms with Crippen LogP contribution < -0.4 is 10.1 Å². The molecule has 2 N–H and O–H groups in total. The second-order valence-corrected chi connectivity index (χ2v) is 6.67. The van der Waals surface area contributed by atoms with Gasteiger partial charge in [-0.3, -0.25) is 4.90 Å². The van der Waals surface area contributed by atoms with Crippen LogP contribution in [0.3, 0.4) is 0 Å². The Bertz CT molecular complexity index is 508. The summed E-state index contributed by atoms with van der Waals surface area (Å²) in [5.41, 5.74) is 0.690. The van der Waals surface area contributed by atoms with E-state index in [-0.39, 0.29) is 23.4 Å². The molecule has 128 valence electrons. The summed E-state index contributed by atoms with van der Waals surface area (Å²) in [5.74, 6) is 0.462. The number of piperazine rings is 1. The molecule has 0 amide bonds. The molecule has 1 aliphatic heterocycles. The minimum atomic E-state index is -0.342. The third-order valence-corrected chi connectivity index (χ3v) is 5.25. The van der Waals surface area contributed by atoms with E-state index in [1.54, 1.807) is 0 Å². The van der Waals surface area contributed by atoms with E-state index >= 15 is 0 Å². The Morgan fingerprint density at radius 3 is 2.57 bits per heavy atom. The Balaban J connectivity index is 1.98. The topological polar surface area (TPSA) is 44.7 Å². The zero-order valence-corrected chi connectivity index (χ0v) is 13.9. The molecule has 1 saturated carbocycles. The van der Waals surface area contributed by atoms with Gasteiger partial charge in [-0.25, -0.2) is 4.39 Å². The van der Waals surface area contributed by atoms with Gasteiger partial charge in [0.25, 0.3) is 0 Å². The number of phenolic OH excluding ortho intramolecular Hbond substituents is 1. The number of benzene rings is 1. The fourth-order valence-electron chi connectivity index (χ4n) is 4.13. The molecule has 3 rings (SSSR count). The van der Waals surface area contributed by atoms with Gasteiger partial charge in [-0.05, 0) is 24.8 Å². The predicted molar refractivity (Wildman–Crippen MR) is 88.4 cm³/mol. The van der Waals surface area contributed by atoms with Crippen molar-refractivity contribution in [1.82, 2.24) is 10.2 Å². The molecule has 1 saturated heterocycles. The van der Waals surface area contributed by atoms with Crippen LogP contribution in [-0.2, 0) is 0 Å². The second kappa shape index (κ2) is 7.49. The number of methoxy groups -OCH3 is 1. The average molecular weight is 322 g/mol. The summed E-state index contributed by atoms with van der Waals surface area (Å²) in [7, 11) is 1.47. The Kier molecular flexibility index (Phi) is 5.38. The molecular weight excluding hydrogens is 295 g/mol. The molecule has 0 bridgehead atoms. The summed E-state index contributed by atoms with van der Waals surface area (Å²) >= 11 is 0. The predicted octanol–water partition coefficient (Wildman–Crippen LogP) is 3.07. The molecule has 0 unspecified atom stereocenters. The number of hydrogen-bond donors (Lipinski definition) is 2. The average Bonchev–Trinajstić information content (AvgIpc) is 2.60. The third kappa shape index (κ3) is 3.61. The summed E-state index contributed by atoms with van der Waals surface area (Å²) in [5, 5.41) is 14.0. The van der Waals surface area contributed by atoms with Crippen molar-refractivity contribution < 1.29 is 14.2 Å². The van der Waals surface area contributed by atoms with E-state index in [1.165, 1.54) is 38.5 Å².